The Balaban J connectivity index is 1.82. The summed E-state index contributed by atoms with van der Waals surface area (Å²) >= 11 is 0. The van der Waals surface area contributed by atoms with Gasteiger partial charge < -0.3 is 4.74 Å². The van der Waals surface area contributed by atoms with Gasteiger partial charge in [0.1, 0.15) is 17.8 Å². The Kier molecular flexibility index (Phi) is 3.74. The second kappa shape index (κ2) is 6.01. The summed E-state index contributed by atoms with van der Waals surface area (Å²) in [6, 6.07) is 20.7. The lowest BCUT2D eigenvalue weighted by atomic mass is 10.1. The Morgan fingerprint density at radius 1 is 0.857 bits per heavy atom. The summed E-state index contributed by atoms with van der Waals surface area (Å²) in [6.07, 6.45) is 2.45. The molecule has 1 heterocycles. The quantitative estimate of drug-likeness (QED) is 0.664. The highest BCUT2D eigenvalue weighted by molar-refractivity contribution is 5.77. The zero-order chi connectivity index (χ0) is 14.5. The molecule has 3 rings (SSSR count). The molecule has 0 spiro atoms. The molecule has 102 valence electrons. The molecule has 0 aliphatic heterocycles. The SMILES string of the molecule is O=Cc1ccnc(-c2ccc(Oc3ccccc3)cc2)c1. The second-order valence-corrected chi connectivity index (χ2v) is 4.53. The van der Waals surface area contributed by atoms with Crippen molar-refractivity contribution in [1.29, 1.82) is 0 Å². The molecule has 0 aliphatic rings. The van der Waals surface area contributed by atoms with Gasteiger partial charge >= 0.3 is 0 Å². The minimum Gasteiger partial charge on any atom is -0.457 e. The van der Waals surface area contributed by atoms with Crippen LogP contribution in [0.1, 0.15) is 10.4 Å². The fourth-order valence-electron chi connectivity index (χ4n) is 2.00. The van der Waals surface area contributed by atoms with Gasteiger partial charge in [0.25, 0.3) is 0 Å². The number of rotatable bonds is 4. The molecular formula is C18H13NO2. The van der Waals surface area contributed by atoms with Crippen molar-refractivity contribution in [3.63, 3.8) is 0 Å². The summed E-state index contributed by atoms with van der Waals surface area (Å²) in [5, 5.41) is 0. The number of pyridine rings is 1. The van der Waals surface area contributed by atoms with Crippen LogP contribution in [0.5, 0.6) is 11.5 Å². The molecule has 3 heteroatoms. The van der Waals surface area contributed by atoms with Crippen molar-refractivity contribution in [2.24, 2.45) is 0 Å². The number of benzene rings is 2. The molecule has 21 heavy (non-hydrogen) atoms. The maximum absolute atomic E-state index is 10.8. The third kappa shape index (κ3) is 3.15. The summed E-state index contributed by atoms with van der Waals surface area (Å²) in [4.78, 5) is 15.1. The third-order valence-electron chi connectivity index (χ3n) is 3.05. The first-order chi connectivity index (χ1) is 10.3. The molecule has 0 radical (unpaired) electrons. The number of para-hydroxylation sites is 1. The van der Waals surface area contributed by atoms with Crippen LogP contribution in [0, 0.1) is 0 Å². The Bertz CT molecular complexity index is 737. The van der Waals surface area contributed by atoms with Crippen LogP contribution in [0.2, 0.25) is 0 Å². The number of carbonyl (C=O) groups excluding carboxylic acids is 1. The number of hydrogen-bond donors (Lipinski definition) is 0. The van der Waals surface area contributed by atoms with Crippen LogP contribution in [0.15, 0.2) is 72.9 Å². The Hall–Kier alpha value is -2.94. The van der Waals surface area contributed by atoms with E-state index in [4.69, 9.17) is 4.74 Å². The molecule has 0 atom stereocenters. The first kappa shape index (κ1) is 13.1. The van der Waals surface area contributed by atoms with Crippen molar-refractivity contribution in [2.75, 3.05) is 0 Å². The number of nitrogens with zero attached hydrogens (tertiary/aromatic N) is 1. The van der Waals surface area contributed by atoms with Crippen molar-refractivity contribution >= 4 is 6.29 Å². The molecule has 3 aromatic rings. The lowest BCUT2D eigenvalue weighted by molar-refractivity contribution is 0.112. The topological polar surface area (TPSA) is 39.2 Å². The molecule has 0 amide bonds. The fraction of sp³-hybridized carbons (Fsp3) is 0. The van der Waals surface area contributed by atoms with Crippen LogP contribution in [-0.2, 0) is 0 Å². The van der Waals surface area contributed by atoms with E-state index >= 15 is 0 Å². The lowest BCUT2D eigenvalue weighted by Gasteiger charge is -2.06. The predicted octanol–water partition coefficient (Wildman–Crippen LogP) is 4.35. The largest absolute Gasteiger partial charge is 0.457 e. The average molecular weight is 275 g/mol. The summed E-state index contributed by atoms with van der Waals surface area (Å²) in [7, 11) is 0. The van der Waals surface area contributed by atoms with Gasteiger partial charge in [-0.05, 0) is 48.5 Å². The Labute approximate surface area is 122 Å². The Morgan fingerprint density at radius 3 is 2.29 bits per heavy atom. The average Bonchev–Trinajstić information content (AvgIpc) is 2.56. The third-order valence-corrected chi connectivity index (χ3v) is 3.05. The van der Waals surface area contributed by atoms with Gasteiger partial charge in [-0.15, -0.1) is 0 Å². The summed E-state index contributed by atoms with van der Waals surface area (Å²) in [5.41, 5.74) is 2.33. The van der Waals surface area contributed by atoms with Gasteiger partial charge in [-0.1, -0.05) is 18.2 Å². The van der Waals surface area contributed by atoms with Crippen LogP contribution < -0.4 is 4.74 Å². The normalized spacial score (nSPS) is 10.1. The monoisotopic (exact) mass is 275 g/mol. The van der Waals surface area contributed by atoms with Gasteiger partial charge in [-0.3, -0.25) is 9.78 Å². The molecule has 0 saturated carbocycles. The molecule has 0 aliphatic carbocycles. The van der Waals surface area contributed by atoms with Crippen LogP contribution in [-0.4, -0.2) is 11.3 Å². The van der Waals surface area contributed by atoms with Gasteiger partial charge in [0.15, 0.2) is 0 Å². The fourth-order valence-corrected chi connectivity index (χ4v) is 2.00. The molecule has 0 saturated heterocycles. The van der Waals surface area contributed by atoms with Crippen LogP contribution in [0.3, 0.4) is 0 Å². The summed E-state index contributed by atoms with van der Waals surface area (Å²) in [5.74, 6) is 1.56. The van der Waals surface area contributed by atoms with Crippen molar-refractivity contribution in [2.45, 2.75) is 0 Å². The lowest BCUT2D eigenvalue weighted by Crippen LogP contribution is -1.88. The Morgan fingerprint density at radius 2 is 1.57 bits per heavy atom. The molecule has 0 fully saturated rings. The zero-order valence-corrected chi connectivity index (χ0v) is 11.3. The molecule has 0 unspecified atom stereocenters. The smallest absolute Gasteiger partial charge is 0.150 e. The van der Waals surface area contributed by atoms with Gasteiger partial charge in [0.05, 0.1) is 5.69 Å². The molecule has 2 aromatic carbocycles. The number of ether oxygens (including phenoxy) is 1. The maximum atomic E-state index is 10.8. The highest BCUT2D eigenvalue weighted by Crippen LogP contribution is 2.24. The molecule has 0 N–H and O–H groups in total. The highest BCUT2D eigenvalue weighted by atomic mass is 16.5. The molecule has 0 bridgehead atoms. The molecule has 1 aromatic heterocycles. The van der Waals surface area contributed by atoms with E-state index in [0.29, 0.717) is 5.56 Å². The van der Waals surface area contributed by atoms with E-state index in [9.17, 15) is 4.79 Å². The zero-order valence-electron chi connectivity index (χ0n) is 11.3. The summed E-state index contributed by atoms with van der Waals surface area (Å²) < 4.78 is 5.74. The van der Waals surface area contributed by atoms with E-state index in [-0.39, 0.29) is 0 Å². The minimum absolute atomic E-state index is 0.615. The van der Waals surface area contributed by atoms with Crippen molar-refractivity contribution < 1.29 is 9.53 Å². The number of carbonyl (C=O) groups is 1. The second-order valence-electron chi connectivity index (χ2n) is 4.53. The van der Waals surface area contributed by atoms with E-state index in [1.165, 1.54) is 0 Å². The van der Waals surface area contributed by atoms with Crippen molar-refractivity contribution in [1.82, 2.24) is 4.98 Å². The maximum Gasteiger partial charge on any atom is 0.150 e. The number of hydrogen-bond acceptors (Lipinski definition) is 3. The number of aromatic nitrogens is 1. The van der Waals surface area contributed by atoms with Gasteiger partial charge in [0.2, 0.25) is 0 Å². The highest BCUT2D eigenvalue weighted by Gasteiger charge is 2.02. The summed E-state index contributed by atoms with van der Waals surface area (Å²) in [6.45, 7) is 0. The predicted molar refractivity (Wildman–Crippen MR) is 81.6 cm³/mol. The van der Waals surface area contributed by atoms with E-state index in [1.807, 2.05) is 54.6 Å². The minimum atomic E-state index is 0.615. The molecule has 3 nitrogen and oxygen atoms in total. The van der Waals surface area contributed by atoms with Crippen LogP contribution in [0.4, 0.5) is 0 Å². The van der Waals surface area contributed by atoms with E-state index in [2.05, 4.69) is 4.98 Å². The first-order valence-electron chi connectivity index (χ1n) is 6.60. The van der Waals surface area contributed by atoms with E-state index in [0.717, 1.165) is 29.0 Å². The van der Waals surface area contributed by atoms with E-state index in [1.54, 1.807) is 18.3 Å². The van der Waals surface area contributed by atoms with Crippen molar-refractivity contribution in [3.05, 3.63) is 78.5 Å². The van der Waals surface area contributed by atoms with E-state index < -0.39 is 0 Å². The van der Waals surface area contributed by atoms with Crippen LogP contribution >= 0.6 is 0 Å². The molecular weight excluding hydrogens is 262 g/mol. The standard InChI is InChI=1S/C18H13NO2/c20-13-14-10-11-19-18(12-14)15-6-8-17(9-7-15)21-16-4-2-1-3-5-16/h1-13H. The van der Waals surface area contributed by atoms with Gasteiger partial charge in [-0.2, -0.15) is 0 Å². The first-order valence-corrected chi connectivity index (χ1v) is 6.60. The number of aldehydes is 1. The van der Waals surface area contributed by atoms with Crippen molar-refractivity contribution in [3.8, 4) is 22.8 Å². The van der Waals surface area contributed by atoms with Gasteiger partial charge in [0, 0.05) is 17.3 Å². The van der Waals surface area contributed by atoms with Crippen LogP contribution in [0.25, 0.3) is 11.3 Å². The van der Waals surface area contributed by atoms with Gasteiger partial charge in [-0.25, -0.2) is 0 Å².